The molecular weight excluding hydrogens is 266 g/mol. The second-order valence-corrected chi connectivity index (χ2v) is 5.50. The van der Waals surface area contributed by atoms with Crippen molar-refractivity contribution in [3.8, 4) is 0 Å². The molecule has 0 atom stereocenters. The Morgan fingerprint density at radius 2 is 1.86 bits per heavy atom. The van der Waals surface area contributed by atoms with Crippen LogP contribution in [0, 0.1) is 6.92 Å². The Hall–Kier alpha value is -2.08. The van der Waals surface area contributed by atoms with Crippen LogP contribution < -0.4 is 10.2 Å². The summed E-state index contributed by atoms with van der Waals surface area (Å²) in [6, 6.07) is 8.25. The molecule has 1 aromatic heterocycles. The van der Waals surface area contributed by atoms with Crippen molar-refractivity contribution in [3.05, 3.63) is 35.7 Å². The quantitative estimate of drug-likeness (QED) is 0.924. The third-order valence-electron chi connectivity index (χ3n) is 3.74. The van der Waals surface area contributed by atoms with Gasteiger partial charge in [0.15, 0.2) is 0 Å². The summed E-state index contributed by atoms with van der Waals surface area (Å²) < 4.78 is 5.31. The molecule has 1 aliphatic heterocycles. The zero-order chi connectivity index (χ0) is 14.7. The molecule has 1 aromatic carbocycles. The van der Waals surface area contributed by atoms with Crippen molar-refractivity contribution in [2.75, 3.05) is 43.4 Å². The maximum Gasteiger partial charge on any atom is 0.266 e. The van der Waals surface area contributed by atoms with E-state index in [-0.39, 0.29) is 0 Å². The molecule has 3 rings (SSSR count). The fourth-order valence-electron chi connectivity index (χ4n) is 2.30. The van der Waals surface area contributed by atoms with Crippen LogP contribution in [0.3, 0.4) is 0 Å². The fourth-order valence-corrected chi connectivity index (χ4v) is 2.30. The number of nitrogens with one attached hydrogen (secondary N) is 1. The molecule has 2 heterocycles. The molecular formula is C15H21N5O. The van der Waals surface area contributed by atoms with Gasteiger partial charge in [0.2, 0.25) is 5.89 Å². The smallest absolute Gasteiger partial charge is 0.266 e. The highest BCUT2D eigenvalue weighted by Gasteiger charge is 2.18. The molecule has 0 unspecified atom stereocenters. The van der Waals surface area contributed by atoms with Crippen LogP contribution in [0.1, 0.15) is 11.5 Å². The van der Waals surface area contributed by atoms with E-state index in [1.165, 1.54) is 5.56 Å². The number of nitrogens with zero attached hydrogens (tertiary/aromatic N) is 4. The maximum atomic E-state index is 5.31. The Balaban J connectivity index is 1.56. The van der Waals surface area contributed by atoms with Crippen LogP contribution in [0.15, 0.2) is 28.8 Å². The number of aromatic nitrogens is 2. The first-order chi connectivity index (χ1) is 10.2. The van der Waals surface area contributed by atoms with E-state index in [1.54, 1.807) is 0 Å². The summed E-state index contributed by atoms with van der Waals surface area (Å²) in [5, 5.41) is 7.36. The third-order valence-corrected chi connectivity index (χ3v) is 3.74. The van der Waals surface area contributed by atoms with E-state index in [0.29, 0.717) is 18.4 Å². The van der Waals surface area contributed by atoms with Crippen LogP contribution in [0.2, 0.25) is 0 Å². The van der Waals surface area contributed by atoms with Gasteiger partial charge in [-0.25, -0.2) is 0 Å². The summed E-state index contributed by atoms with van der Waals surface area (Å²) in [6.45, 7) is 6.58. The Morgan fingerprint density at radius 3 is 2.57 bits per heavy atom. The lowest BCUT2D eigenvalue weighted by atomic mass is 10.2. The highest BCUT2D eigenvalue weighted by Crippen LogP contribution is 2.14. The lowest BCUT2D eigenvalue weighted by Crippen LogP contribution is -2.44. The predicted molar refractivity (Wildman–Crippen MR) is 82.5 cm³/mol. The number of aryl methyl sites for hydroxylation is 1. The largest absolute Gasteiger partial charge is 0.376 e. The fraction of sp³-hybridized carbons (Fsp3) is 0.467. The number of rotatable bonds is 4. The summed E-state index contributed by atoms with van der Waals surface area (Å²) in [5.41, 5.74) is 2.30. The molecule has 6 heteroatoms. The molecule has 0 spiro atoms. The zero-order valence-electron chi connectivity index (χ0n) is 12.5. The Bertz CT molecular complexity index is 572. The van der Waals surface area contributed by atoms with Crippen LogP contribution in [-0.2, 0) is 6.54 Å². The first-order valence-electron chi connectivity index (χ1n) is 7.27. The van der Waals surface area contributed by atoms with Gasteiger partial charge in [0.1, 0.15) is 0 Å². The van der Waals surface area contributed by atoms with E-state index < -0.39 is 0 Å². The van der Waals surface area contributed by atoms with Gasteiger partial charge in [-0.3, -0.25) is 0 Å². The molecule has 1 aliphatic rings. The number of hydrogen-bond donors (Lipinski definition) is 1. The predicted octanol–water partition coefficient (Wildman–Crippen LogP) is 1.74. The standard InChI is InChI=1S/C15H21N5O/c1-12-3-5-13(6-4-12)16-11-14-17-15(18-21-14)20-9-7-19(2)8-10-20/h3-6,16H,7-11H2,1-2H3. The van der Waals surface area contributed by atoms with Crippen LogP contribution in [0.25, 0.3) is 0 Å². The Kier molecular flexibility index (Phi) is 4.06. The van der Waals surface area contributed by atoms with Crippen molar-refractivity contribution >= 4 is 11.6 Å². The van der Waals surface area contributed by atoms with Gasteiger partial charge in [0, 0.05) is 31.9 Å². The summed E-state index contributed by atoms with van der Waals surface area (Å²) in [7, 11) is 2.13. The van der Waals surface area contributed by atoms with E-state index in [1.807, 2.05) is 12.1 Å². The molecule has 2 aromatic rings. The summed E-state index contributed by atoms with van der Waals surface area (Å²) >= 11 is 0. The highest BCUT2D eigenvalue weighted by molar-refractivity contribution is 5.44. The lowest BCUT2D eigenvalue weighted by Gasteiger charge is -2.31. The van der Waals surface area contributed by atoms with Crippen molar-refractivity contribution in [2.45, 2.75) is 13.5 Å². The number of benzene rings is 1. The highest BCUT2D eigenvalue weighted by atomic mass is 16.5. The van der Waals surface area contributed by atoms with E-state index in [0.717, 1.165) is 31.9 Å². The number of hydrogen-bond acceptors (Lipinski definition) is 6. The molecule has 6 nitrogen and oxygen atoms in total. The maximum absolute atomic E-state index is 5.31. The second-order valence-electron chi connectivity index (χ2n) is 5.50. The van der Waals surface area contributed by atoms with Gasteiger partial charge in [0.25, 0.3) is 5.95 Å². The monoisotopic (exact) mass is 287 g/mol. The molecule has 21 heavy (non-hydrogen) atoms. The Morgan fingerprint density at radius 1 is 1.14 bits per heavy atom. The van der Waals surface area contributed by atoms with Gasteiger partial charge in [0.05, 0.1) is 6.54 Å². The average molecular weight is 287 g/mol. The molecule has 0 bridgehead atoms. The molecule has 0 amide bonds. The van der Waals surface area contributed by atoms with Crippen molar-refractivity contribution in [3.63, 3.8) is 0 Å². The average Bonchev–Trinajstić information content (AvgIpc) is 2.96. The van der Waals surface area contributed by atoms with Gasteiger partial charge in [-0.1, -0.05) is 17.7 Å². The number of anilines is 2. The van der Waals surface area contributed by atoms with Crippen LogP contribution in [-0.4, -0.2) is 48.3 Å². The molecule has 0 radical (unpaired) electrons. The third kappa shape index (κ3) is 3.52. The minimum Gasteiger partial charge on any atom is -0.376 e. The van der Waals surface area contributed by atoms with Crippen LogP contribution >= 0.6 is 0 Å². The van der Waals surface area contributed by atoms with Crippen molar-refractivity contribution < 1.29 is 4.52 Å². The molecule has 0 saturated carbocycles. The van der Waals surface area contributed by atoms with Crippen molar-refractivity contribution in [1.29, 1.82) is 0 Å². The first-order valence-corrected chi connectivity index (χ1v) is 7.27. The van der Waals surface area contributed by atoms with Gasteiger partial charge in [-0.15, -0.1) is 0 Å². The van der Waals surface area contributed by atoms with Gasteiger partial charge >= 0.3 is 0 Å². The minimum atomic E-state index is 0.545. The second kappa shape index (κ2) is 6.13. The summed E-state index contributed by atoms with van der Waals surface area (Å²) in [6.07, 6.45) is 0. The lowest BCUT2D eigenvalue weighted by molar-refractivity contribution is 0.308. The van der Waals surface area contributed by atoms with Gasteiger partial charge in [-0.05, 0) is 31.3 Å². The SMILES string of the molecule is Cc1ccc(NCc2nc(N3CCN(C)CC3)no2)cc1. The summed E-state index contributed by atoms with van der Waals surface area (Å²) in [4.78, 5) is 8.93. The van der Waals surface area contributed by atoms with E-state index in [4.69, 9.17) is 4.52 Å². The van der Waals surface area contributed by atoms with E-state index in [9.17, 15) is 0 Å². The number of piperazine rings is 1. The molecule has 0 aliphatic carbocycles. The molecule has 1 N–H and O–H groups in total. The van der Waals surface area contributed by atoms with Crippen molar-refractivity contribution in [1.82, 2.24) is 15.0 Å². The van der Waals surface area contributed by atoms with Crippen LogP contribution in [0.5, 0.6) is 0 Å². The van der Waals surface area contributed by atoms with Crippen molar-refractivity contribution in [2.24, 2.45) is 0 Å². The molecule has 112 valence electrons. The van der Waals surface area contributed by atoms with Gasteiger partial charge < -0.3 is 19.6 Å². The van der Waals surface area contributed by atoms with Crippen LogP contribution in [0.4, 0.5) is 11.6 Å². The topological polar surface area (TPSA) is 57.4 Å². The van der Waals surface area contributed by atoms with E-state index in [2.05, 4.69) is 51.4 Å². The normalized spacial score (nSPS) is 16.2. The van der Waals surface area contributed by atoms with E-state index >= 15 is 0 Å². The number of likely N-dealkylation sites (N-methyl/N-ethyl adjacent to an activating group) is 1. The first kappa shape index (κ1) is 13.9. The minimum absolute atomic E-state index is 0.545. The Labute approximate surface area is 124 Å². The molecule has 1 saturated heterocycles. The van der Waals surface area contributed by atoms with Gasteiger partial charge in [-0.2, -0.15) is 4.98 Å². The zero-order valence-corrected chi connectivity index (χ0v) is 12.5. The summed E-state index contributed by atoms with van der Waals surface area (Å²) in [5.74, 6) is 1.31. The molecule has 1 fully saturated rings.